The van der Waals surface area contributed by atoms with Crippen molar-refractivity contribution >= 4 is 5.97 Å². The molecule has 1 fully saturated rings. The predicted octanol–water partition coefficient (Wildman–Crippen LogP) is 4.77. The lowest BCUT2D eigenvalue weighted by Crippen LogP contribution is -2.25. The largest absolute Gasteiger partial charge is 0.469 e. The molecule has 1 aliphatic heterocycles. The molecule has 0 saturated carbocycles. The molecule has 0 bridgehead atoms. The average Bonchev–Trinajstić information content (AvgIpc) is 3.11. The number of esters is 1. The second kappa shape index (κ2) is 10.2. The number of unbranched alkanes of at least 4 members (excludes halogenated alkanes) is 2. The minimum absolute atomic E-state index is 0.0966. The molecule has 144 valence electrons. The van der Waals surface area contributed by atoms with Gasteiger partial charge in [-0.3, -0.25) is 14.7 Å². The lowest BCUT2D eigenvalue weighted by Gasteiger charge is -2.29. The highest BCUT2D eigenvalue weighted by Crippen LogP contribution is 2.40. The first-order valence-electron chi connectivity index (χ1n) is 10.0. The van der Waals surface area contributed by atoms with Gasteiger partial charge in [-0.1, -0.05) is 49.2 Å². The molecular weight excluding hydrogens is 336 g/mol. The van der Waals surface area contributed by atoms with Crippen LogP contribution in [0.25, 0.3) is 0 Å². The highest BCUT2D eigenvalue weighted by molar-refractivity contribution is 5.68. The molecule has 0 N–H and O–H groups in total. The third-order valence-corrected chi connectivity index (χ3v) is 5.56. The van der Waals surface area contributed by atoms with E-state index in [1.54, 1.807) is 0 Å². The van der Waals surface area contributed by atoms with Crippen molar-refractivity contribution in [3.05, 3.63) is 66.0 Å². The maximum absolute atomic E-state index is 11.3. The van der Waals surface area contributed by atoms with Gasteiger partial charge in [0.05, 0.1) is 7.11 Å². The fourth-order valence-corrected chi connectivity index (χ4v) is 4.22. The summed E-state index contributed by atoms with van der Waals surface area (Å²) in [6.07, 6.45) is 9.98. The Morgan fingerprint density at radius 2 is 2.00 bits per heavy atom. The van der Waals surface area contributed by atoms with E-state index < -0.39 is 0 Å². The number of pyridine rings is 1. The molecular formula is C23H30N2O2. The van der Waals surface area contributed by atoms with Crippen LogP contribution in [0.5, 0.6) is 0 Å². The Morgan fingerprint density at radius 3 is 2.74 bits per heavy atom. The zero-order valence-corrected chi connectivity index (χ0v) is 16.2. The number of nitrogens with zero attached hydrogens (tertiary/aromatic N) is 2. The Morgan fingerprint density at radius 1 is 1.15 bits per heavy atom. The molecule has 3 rings (SSSR count). The van der Waals surface area contributed by atoms with Crippen LogP contribution < -0.4 is 0 Å². The lowest BCUT2D eigenvalue weighted by molar-refractivity contribution is -0.140. The van der Waals surface area contributed by atoms with E-state index in [9.17, 15) is 4.79 Å². The molecule has 0 spiro atoms. The normalized spacial score (nSPS) is 19.9. The van der Waals surface area contributed by atoms with Gasteiger partial charge < -0.3 is 4.74 Å². The van der Waals surface area contributed by atoms with Gasteiger partial charge in [0.1, 0.15) is 0 Å². The van der Waals surface area contributed by atoms with Crippen molar-refractivity contribution in [3.63, 3.8) is 0 Å². The number of benzene rings is 1. The maximum Gasteiger partial charge on any atom is 0.305 e. The SMILES string of the molecule is COC(=O)CCCCCC1CCN(Cc2cccnc2)C1c1ccccc1. The van der Waals surface area contributed by atoms with Crippen LogP contribution in [-0.4, -0.2) is 29.5 Å². The molecule has 1 aliphatic rings. The molecule has 0 aliphatic carbocycles. The van der Waals surface area contributed by atoms with Crippen molar-refractivity contribution in [2.45, 2.75) is 51.1 Å². The molecule has 2 unspecified atom stereocenters. The third-order valence-electron chi connectivity index (χ3n) is 5.56. The minimum Gasteiger partial charge on any atom is -0.469 e. The summed E-state index contributed by atoms with van der Waals surface area (Å²) in [5.74, 6) is 0.572. The first kappa shape index (κ1) is 19.6. The van der Waals surface area contributed by atoms with E-state index >= 15 is 0 Å². The Bertz CT molecular complexity index is 690. The van der Waals surface area contributed by atoms with Gasteiger partial charge in [0.15, 0.2) is 0 Å². The minimum atomic E-state index is -0.0966. The van der Waals surface area contributed by atoms with Crippen LogP contribution in [0.3, 0.4) is 0 Å². The number of methoxy groups -OCH3 is 1. The second-order valence-electron chi connectivity index (χ2n) is 7.41. The smallest absolute Gasteiger partial charge is 0.305 e. The monoisotopic (exact) mass is 366 g/mol. The number of hydrogen-bond acceptors (Lipinski definition) is 4. The van der Waals surface area contributed by atoms with Crippen molar-refractivity contribution in [2.24, 2.45) is 5.92 Å². The van der Waals surface area contributed by atoms with Crippen LogP contribution in [-0.2, 0) is 16.1 Å². The highest BCUT2D eigenvalue weighted by Gasteiger charge is 2.34. The van der Waals surface area contributed by atoms with E-state index in [0.717, 1.165) is 25.9 Å². The molecule has 2 aromatic rings. The number of aromatic nitrogens is 1. The summed E-state index contributed by atoms with van der Waals surface area (Å²) in [7, 11) is 1.46. The molecule has 0 radical (unpaired) electrons. The van der Waals surface area contributed by atoms with Crippen LogP contribution in [0, 0.1) is 5.92 Å². The summed E-state index contributed by atoms with van der Waals surface area (Å²) in [5, 5.41) is 0. The van der Waals surface area contributed by atoms with Crippen molar-refractivity contribution in [1.29, 1.82) is 0 Å². The molecule has 1 aromatic carbocycles. The van der Waals surface area contributed by atoms with Crippen LogP contribution in [0.2, 0.25) is 0 Å². The van der Waals surface area contributed by atoms with Crippen LogP contribution >= 0.6 is 0 Å². The summed E-state index contributed by atoms with van der Waals surface area (Å²) in [6, 6.07) is 15.5. The molecule has 2 heterocycles. The summed E-state index contributed by atoms with van der Waals surface area (Å²) in [6.45, 7) is 2.08. The maximum atomic E-state index is 11.3. The molecule has 27 heavy (non-hydrogen) atoms. The number of ether oxygens (including phenoxy) is 1. The first-order valence-corrected chi connectivity index (χ1v) is 10.0. The number of hydrogen-bond donors (Lipinski definition) is 0. The van der Waals surface area contributed by atoms with Gasteiger partial charge in [0.25, 0.3) is 0 Å². The summed E-state index contributed by atoms with van der Waals surface area (Å²) in [5.41, 5.74) is 2.69. The lowest BCUT2D eigenvalue weighted by atomic mass is 9.89. The van der Waals surface area contributed by atoms with Gasteiger partial charge in [0, 0.05) is 31.4 Å². The average molecular weight is 367 g/mol. The fraction of sp³-hybridized carbons (Fsp3) is 0.478. The fourth-order valence-electron chi connectivity index (χ4n) is 4.22. The van der Waals surface area contributed by atoms with E-state index in [1.807, 2.05) is 18.5 Å². The van der Waals surface area contributed by atoms with Gasteiger partial charge in [-0.05, 0) is 48.9 Å². The van der Waals surface area contributed by atoms with Crippen LogP contribution in [0.4, 0.5) is 0 Å². The Hall–Kier alpha value is -2.20. The third kappa shape index (κ3) is 5.64. The van der Waals surface area contributed by atoms with E-state index in [0.29, 0.717) is 18.4 Å². The number of carbonyl (C=O) groups excluding carboxylic acids is 1. The Kier molecular flexibility index (Phi) is 7.40. The quantitative estimate of drug-likeness (QED) is 0.474. The van der Waals surface area contributed by atoms with E-state index in [-0.39, 0.29) is 5.97 Å². The number of carbonyl (C=O) groups is 1. The van der Waals surface area contributed by atoms with Crippen molar-refractivity contribution in [2.75, 3.05) is 13.7 Å². The zero-order chi connectivity index (χ0) is 18.9. The molecule has 1 aromatic heterocycles. The topological polar surface area (TPSA) is 42.4 Å². The van der Waals surface area contributed by atoms with Gasteiger partial charge >= 0.3 is 5.97 Å². The molecule has 0 amide bonds. The van der Waals surface area contributed by atoms with Gasteiger partial charge in [-0.25, -0.2) is 0 Å². The first-order chi connectivity index (χ1) is 13.3. The van der Waals surface area contributed by atoms with Crippen LogP contribution in [0.15, 0.2) is 54.9 Å². The molecule has 1 saturated heterocycles. The van der Waals surface area contributed by atoms with Crippen molar-refractivity contribution < 1.29 is 9.53 Å². The van der Waals surface area contributed by atoms with E-state index in [2.05, 4.69) is 46.3 Å². The summed E-state index contributed by atoms with van der Waals surface area (Å²) < 4.78 is 4.73. The standard InChI is InChI=1S/C23H30N2O2/c1-27-22(26)13-7-3-6-12-21-14-16-25(18-19-9-8-15-24-17-19)23(21)20-10-4-2-5-11-20/h2,4-5,8-11,15,17,21,23H,3,6-7,12-14,16,18H2,1H3. The van der Waals surface area contributed by atoms with E-state index in [4.69, 9.17) is 4.74 Å². The highest BCUT2D eigenvalue weighted by atomic mass is 16.5. The van der Waals surface area contributed by atoms with E-state index in [1.165, 1.54) is 37.5 Å². The Balaban J connectivity index is 1.60. The Labute approximate surface area is 162 Å². The molecule has 2 atom stereocenters. The van der Waals surface area contributed by atoms with Gasteiger partial charge in [0.2, 0.25) is 0 Å². The van der Waals surface area contributed by atoms with Gasteiger partial charge in [-0.2, -0.15) is 0 Å². The van der Waals surface area contributed by atoms with Crippen molar-refractivity contribution in [3.8, 4) is 0 Å². The summed E-state index contributed by atoms with van der Waals surface area (Å²) >= 11 is 0. The second-order valence-corrected chi connectivity index (χ2v) is 7.41. The summed E-state index contributed by atoms with van der Waals surface area (Å²) in [4.78, 5) is 18.1. The number of rotatable bonds is 9. The van der Waals surface area contributed by atoms with Gasteiger partial charge in [-0.15, -0.1) is 0 Å². The molecule has 4 heteroatoms. The zero-order valence-electron chi connectivity index (χ0n) is 16.2. The predicted molar refractivity (Wildman–Crippen MR) is 107 cm³/mol. The number of likely N-dealkylation sites (tertiary alicyclic amines) is 1. The van der Waals surface area contributed by atoms with Crippen LogP contribution in [0.1, 0.15) is 55.7 Å². The molecule has 4 nitrogen and oxygen atoms in total. The van der Waals surface area contributed by atoms with Crippen molar-refractivity contribution in [1.82, 2.24) is 9.88 Å².